The Morgan fingerprint density at radius 3 is 2.82 bits per heavy atom. The van der Waals surface area contributed by atoms with E-state index in [4.69, 9.17) is 5.26 Å². The first-order valence-corrected chi connectivity index (χ1v) is 5.80. The van der Waals surface area contributed by atoms with Gasteiger partial charge in [-0.25, -0.2) is 0 Å². The van der Waals surface area contributed by atoms with Gasteiger partial charge < -0.3 is 10.6 Å². The number of hydrogen-bond donors (Lipinski definition) is 2. The van der Waals surface area contributed by atoms with Gasteiger partial charge in [-0.3, -0.25) is 4.79 Å². The fourth-order valence-corrected chi connectivity index (χ4v) is 1.93. The Kier molecular flexibility index (Phi) is 3.73. The van der Waals surface area contributed by atoms with Crippen LogP contribution in [0, 0.1) is 11.3 Å². The first kappa shape index (κ1) is 11.6. The molecule has 0 bridgehead atoms. The van der Waals surface area contributed by atoms with Crippen LogP contribution < -0.4 is 10.6 Å². The first-order valence-electron chi connectivity index (χ1n) is 5.80. The smallest absolute Gasteiger partial charge is 0.241 e. The van der Waals surface area contributed by atoms with Crippen molar-refractivity contribution in [1.82, 2.24) is 5.32 Å². The van der Waals surface area contributed by atoms with Crippen molar-refractivity contribution in [2.75, 3.05) is 11.9 Å². The largest absolute Gasteiger partial charge is 0.325 e. The lowest BCUT2D eigenvalue weighted by molar-refractivity contribution is -0.117. The van der Waals surface area contributed by atoms with Gasteiger partial charge in [0, 0.05) is 5.69 Å². The summed E-state index contributed by atoms with van der Waals surface area (Å²) in [5.41, 5.74) is 1.75. The number of carbonyl (C=O) groups is 1. The molecule has 0 radical (unpaired) electrons. The number of nitriles is 1. The van der Waals surface area contributed by atoms with Crippen LogP contribution in [0.15, 0.2) is 24.3 Å². The topological polar surface area (TPSA) is 64.9 Å². The summed E-state index contributed by atoms with van der Waals surface area (Å²) in [5, 5.41) is 14.6. The molecule has 1 aromatic rings. The molecule has 2 N–H and O–H groups in total. The molecule has 4 heteroatoms. The summed E-state index contributed by atoms with van der Waals surface area (Å²) < 4.78 is 0. The zero-order valence-corrected chi connectivity index (χ0v) is 9.57. The van der Waals surface area contributed by atoms with E-state index in [1.165, 1.54) is 0 Å². The lowest BCUT2D eigenvalue weighted by Crippen LogP contribution is -2.35. The number of nitrogens with zero attached hydrogens (tertiary/aromatic N) is 1. The number of anilines is 1. The number of amides is 1. The number of rotatable bonds is 3. The lowest BCUT2D eigenvalue weighted by Gasteiger charge is -2.11. The predicted molar refractivity (Wildman–Crippen MR) is 65.4 cm³/mol. The minimum Gasteiger partial charge on any atom is -0.325 e. The third-order valence-electron chi connectivity index (χ3n) is 2.88. The average molecular weight is 229 g/mol. The molecule has 1 aliphatic rings. The van der Waals surface area contributed by atoms with Crippen molar-refractivity contribution in [3.8, 4) is 6.07 Å². The molecular weight excluding hydrogens is 214 g/mol. The summed E-state index contributed by atoms with van der Waals surface area (Å²) in [7, 11) is 0. The van der Waals surface area contributed by atoms with Crippen LogP contribution >= 0.6 is 0 Å². The molecule has 1 atom stereocenters. The highest BCUT2D eigenvalue weighted by Crippen LogP contribution is 2.12. The summed E-state index contributed by atoms with van der Waals surface area (Å²) in [4.78, 5) is 11.8. The van der Waals surface area contributed by atoms with E-state index in [1.54, 1.807) is 0 Å². The Labute approximate surface area is 101 Å². The van der Waals surface area contributed by atoms with Gasteiger partial charge in [-0.2, -0.15) is 5.26 Å². The zero-order valence-electron chi connectivity index (χ0n) is 9.57. The molecule has 1 aromatic carbocycles. The molecule has 1 aliphatic heterocycles. The van der Waals surface area contributed by atoms with Gasteiger partial charge in [-0.15, -0.1) is 0 Å². The average Bonchev–Trinajstić information content (AvgIpc) is 2.86. The van der Waals surface area contributed by atoms with Gasteiger partial charge in [0.05, 0.1) is 18.5 Å². The van der Waals surface area contributed by atoms with E-state index in [-0.39, 0.29) is 11.9 Å². The van der Waals surface area contributed by atoms with Gasteiger partial charge in [0.1, 0.15) is 0 Å². The van der Waals surface area contributed by atoms with Crippen LogP contribution in [-0.2, 0) is 11.2 Å². The monoisotopic (exact) mass is 229 g/mol. The number of carbonyl (C=O) groups excluding carboxylic acids is 1. The molecule has 1 amide bonds. The van der Waals surface area contributed by atoms with Crippen LogP contribution in [0.1, 0.15) is 18.4 Å². The molecule has 1 unspecified atom stereocenters. The van der Waals surface area contributed by atoms with Gasteiger partial charge in [0.25, 0.3) is 0 Å². The summed E-state index contributed by atoms with van der Waals surface area (Å²) >= 11 is 0. The van der Waals surface area contributed by atoms with Crippen LogP contribution in [0.4, 0.5) is 5.69 Å². The van der Waals surface area contributed by atoms with Crippen molar-refractivity contribution in [2.45, 2.75) is 25.3 Å². The molecule has 1 saturated heterocycles. The van der Waals surface area contributed by atoms with Crippen molar-refractivity contribution in [3.05, 3.63) is 29.8 Å². The van der Waals surface area contributed by atoms with Gasteiger partial charge in [0.2, 0.25) is 5.91 Å². The fourth-order valence-electron chi connectivity index (χ4n) is 1.93. The maximum Gasteiger partial charge on any atom is 0.241 e. The van der Waals surface area contributed by atoms with Crippen molar-refractivity contribution in [3.63, 3.8) is 0 Å². The quantitative estimate of drug-likeness (QED) is 0.824. The van der Waals surface area contributed by atoms with Crippen molar-refractivity contribution in [1.29, 1.82) is 5.26 Å². The van der Waals surface area contributed by atoms with Gasteiger partial charge in [0.15, 0.2) is 0 Å². The number of benzene rings is 1. The molecule has 2 rings (SSSR count). The summed E-state index contributed by atoms with van der Waals surface area (Å²) in [5.74, 6) is 0.0236. The van der Waals surface area contributed by atoms with Crippen LogP contribution in [-0.4, -0.2) is 18.5 Å². The third-order valence-corrected chi connectivity index (χ3v) is 2.88. The Hall–Kier alpha value is -1.86. The highest BCUT2D eigenvalue weighted by Gasteiger charge is 2.21. The molecule has 0 aliphatic carbocycles. The molecule has 88 valence electrons. The minimum atomic E-state index is -0.0613. The normalized spacial score (nSPS) is 18.6. The fraction of sp³-hybridized carbons (Fsp3) is 0.385. The van der Waals surface area contributed by atoms with E-state index in [1.807, 2.05) is 24.3 Å². The van der Waals surface area contributed by atoms with E-state index in [9.17, 15) is 4.79 Å². The van der Waals surface area contributed by atoms with E-state index >= 15 is 0 Å². The molecule has 0 aromatic heterocycles. The summed E-state index contributed by atoms with van der Waals surface area (Å²) in [6.07, 6.45) is 2.36. The van der Waals surface area contributed by atoms with Crippen molar-refractivity contribution >= 4 is 11.6 Å². The van der Waals surface area contributed by atoms with Crippen LogP contribution in [0.5, 0.6) is 0 Å². The standard InChI is InChI=1S/C13H15N3O/c14-8-7-10-3-5-11(6-4-10)16-13(17)12-2-1-9-15-12/h3-6,12,15H,1-2,7,9H2,(H,16,17). The number of nitrogens with one attached hydrogen (secondary N) is 2. The second-order valence-electron chi connectivity index (χ2n) is 4.17. The SMILES string of the molecule is N#CCc1ccc(NC(=O)C2CCCN2)cc1. The van der Waals surface area contributed by atoms with E-state index < -0.39 is 0 Å². The molecule has 17 heavy (non-hydrogen) atoms. The Morgan fingerprint density at radius 2 is 2.24 bits per heavy atom. The first-order chi connectivity index (χ1) is 8.29. The maximum absolute atomic E-state index is 11.8. The highest BCUT2D eigenvalue weighted by atomic mass is 16.2. The third kappa shape index (κ3) is 3.05. The zero-order chi connectivity index (χ0) is 12.1. The van der Waals surface area contributed by atoms with E-state index in [0.717, 1.165) is 30.6 Å². The van der Waals surface area contributed by atoms with Crippen molar-refractivity contribution in [2.24, 2.45) is 0 Å². The van der Waals surface area contributed by atoms with Gasteiger partial charge in [-0.1, -0.05) is 12.1 Å². The molecule has 1 heterocycles. The Morgan fingerprint density at radius 1 is 1.47 bits per heavy atom. The molecule has 0 spiro atoms. The minimum absolute atomic E-state index is 0.0236. The van der Waals surface area contributed by atoms with Crippen LogP contribution in [0.3, 0.4) is 0 Å². The van der Waals surface area contributed by atoms with E-state index in [0.29, 0.717) is 6.42 Å². The Balaban J connectivity index is 1.94. The lowest BCUT2D eigenvalue weighted by atomic mass is 10.1. The summed E-state index contributed by atoms with van der Waals surface area (Å²) in [6.45, 7) is 0.916. The van der Waals surface area contributed by atoms with E-state index in [2.05, 4.69) is 16.7 Å². The molecular formula is C13H15N3O. The second kappa shape index (κ2) is 5.46. The number of hydrogen-bond acceptors (Lipinski definition) is 3. The summed E-state index contributed by atoms with van der Waals surface area (Å²) in [6, 6.07) is 9.42. The Bertz CT molecular complexity index is 427. The second-order valence-corrected chi connectivity index (χ2v) is 4.17. The molecule has 4 nitrogen and oxygen atoms in total. The highest BCUT2D eigenvalue weighted by molar-refractivity contribution is 5.95. The van der Waals surface area contributed by atoms with Gasteiger partial charge in [-0.05, 0) is 37.1 Å². The van der Waals surface area contributed by atoms with Gasteiger partial charge >= 0.3 is 0 Å². The molecule has 1 fully saturated rings. The van der Waals surface area contributed by atoms with Crippen LogP contribution in [0.25, 0.3) is 0 Å². The van der Waals surface area contributed by atoms with Crippen LogP contribution in [0.2, 0.25) is 0 Å². The van der Waals surface area contributed by atoms with Crippen molar-refractivity contribution < 1.29 is 4.79 Å². The molecule has 0 saturated carbocycles. The maximum atomic E-state index is 11.8. The predicted octanol–water partition coefficient (Wildman–Crippen LogP) is 1.44.